The summed E-state index contributed by atoms with van der Waals surface area (Å²) in [7, 11) is 0. The predicted molar refractivity (Wildman–Crippen MR) is 137 cm³/mol. The number of halogens is 2. The fraction of sp³-hybridized carbons (Fsp3) is 0.269. The molecule has 2 N–H and O–H groups in total. The summed E-state index contributed by atoms with van der Waals surface area (Å²) in [5.74, 6) is 5.56. The van der Waals surface area contributed by atoms with Gasteiger partial charge in [0.2, 0.25) is 0 Å². The van der Waals surface area contributed by atoms with Gasteiger partial charge in [0, 0.05) is 47.6 Å². The van der Waals surface area contributed by atoms with Crippen molar-refractivity contribution in [2.24, 2.45) is 0 Å². The van der Waals surface area contributed by atoms with E-state index < -0.39 is 12.5 Å². The zero-order valence-electron chi connectivity index (χ0n) is 19.3. The largest absolute Gasteiger partial charge is 0.392 e. The maximum atomic E-state index is 13.2. The molecule has 2 heterocycles. The number of nitriles is 1. The molecule has 1 aromatic heterocycles. The Morgan fingerprint density at radius 2 is 1.89 bits per heavy atom. The van der Waals surface area contributed by atoms with Crippen LogP contribution in [0.5, 0.6) is 0 Å². The molecule has 0 saturated carbocycles. The van der Waals surface area contributed by atoms with Crippen molar-refractivity contribution in [3.8, 4) is 34.9 Å². The first-order valence-corrected chi connectivity index (χ1v) is 12.1. The van der Waals surface area contributed by atoms with Crippen molar-refractivity contribution in [3.63, 3.8) is 0 Å². The van der Waals surface area contributed by atoms with Crippen LogP contribution in [-0.2, 0) is 11.3 Å². The molecule has 0 unspecified atom stereocenters. The second kappa shape index (κ2) is 12.0. The lowest BCUT2D eigenvalue weighted by molar-refractivity contribution is 0.0124. The Balaban J connectivity index is 1.77. The molecule has 4 rings (SSSR count). The van der Waals surface area contributed by atoms with Gasteiger partial charge in [-0.3, -0.25) is 10.2 Å². The summed E-state index contributed by atoms with van der Waals surface area (Å²) >= 11 is 12.6. The topological polar surface area (TPSA) is 103 Å². The van der Waals surface area contributed by atoms with Gasteiger partial charge >= 0.3 is 0 Å². The van der Waals surface area contributed by atoms with Crippen LogP contribution >= 0.6 is 23.2 Å². The molecule has 1 fully saturated rings. The van der Waals surface area contributed by atoms with E-state index in [4.69, 9.17) is 33.2 Å². The maximum absolute atomic E-state index is 13.2. The number of unbranched alkanes of at least 4 members (excludes halogenated alkanes) is 1. The summed E-state index contributed by atoms with van der Waals surface area (Å²) in [6, 6.07) is 14.4. The number of nitrogens with zero attached hydrogens (tertiary/aromatic N) is 4. The fourth-order valence-corrected chi connectivity index (χ4v) is 4.26. The van der Waals surface area contributed by atoms with Crippen molar-refractivity contribution < 1.29 is 14.6 Å². The summed E-state index contributed by atoms with van der Waals surface area (Å²) < 4.78 is 6.89. The number of morpholine rings is 1. The number of amides is 1. The van der Waals surface area contributed by atoms with Crippen LogP contribution in [0.15, 0.2) is 42.5 Å². The van der Waals surface area contributed by atoms with E-state index in [2.05, 4.69) is 28.4 Å². The average Bonchev–Trinajstić information content (AvgIpc) is 3.27. The van der Waals surface area contributed by atoms with Crippen molar-refractivity contribution in [2.45, 2.75) is 19.4 Å². The Hall–Kier alpha value is -3.37. The van der Waals surface area contributed by atoms with Crippen LogP contribution in [0.25, 0.3) is 16.9 Å². The number of hydrogen-bond donors (Lipinski definition) is 2. The molecule has 36 heavy (non-hydrogen) atoms. The summed E-state index contributed by atoms with van der Waals surface area (Å²) in [5.41, 5.74) is 5.83. The van der Waals surface area contributed by atoms with Crippen molar-refractivity contribution in [1.29, 1.82) is 5.26 Å². The molecule has 10 heteroatoms. The third-order valence-corrected chi connectivity index (χ3v) is 6.06. The van der Waals surface area contributed by atoms with Crippen LogP contribution in [0.4, 0.5) is 0 Å². The number of carbonyl (C=O) groups is 1. The summed E-state index contributed by atoms with van der Waals surface area (Å²) in [5, 5.41) is 26.2. The molecular weight excluding hydrogens is 501 g/mol. The number of nitrogens with one attached hydrogen (secondary N) is 1. The van der Waals surface area contributed by atoms with Gasteiger partial charge in [0.1, 0.15) is 0 Å². The van der Waals surface area contributed by atoms with E-state index in [-0.39, 0.29) is 5.69 Å². The van der Waals surface area contributed by atoms with Crippen LogP contribution in [-0.4, -0.2) is 52.1 Å². The van der Waals surface area contributed by atoms with Crippen LogP contribution in [0.2, 0.25) is 10.0 Å². The van der Waals surface area contributed by atoms with Gasteiger partial charge in [0.25, 0.3) is 5.91 Å². The first-order chi connectivity index (χ1) is 17.5. The van der Waals surface area contributed by atoms with E-state index in [0.29, 0.717) is 71.7 Å². The number of aromatic nitrogens is 2. The number of rotatable bonds is 6. The van der Waals surface area contributed by atoms with Gasteiger partial charge in [-0.25, -0.2) is 9.69 Å². The Kier molecular flexibility index (Phi) is 8.61. The van der Waals surface area contributed by atoms with E-state index in [1.807, 2.05) is 24.3 Å². The van der Waals surface area contributed by atoms with Gasteiger partial charge < -0.3 is 9.84 Å². The van der Waals surface area contributed by atoms with Crippen LogP contribution in [0.1, 0.15) is 34.5 Å². The minimum absolute atomic E-state index is 0.0883. The standard InChI is InChI=1S/C26H23Cl2N5O3/c27-20-9-10-23(22(28)16-20)33-25(19-7-5-18(6-8-19)4-2-1-3-11-29)21(17-34)24(30-33)26(35)31-32-12-14-36-15-13-32/h5-10,16,34H,1,3,12-15,17H2,(H,31,35). The molecule has 2 aromatic carbocycles. The average molecular weight is 524 g/mol. The minimum atomic E-state index is -0.439. The molecule has 0 bridgehead atoms. The molecule has 8 nitrogen and oxygen atoms in total. The van der Waals surface area contributed by atoms with Crippen molar-refractivity contribution in [2.75, 3.05) is 26.3 Å². The lowest BCUT2D eigenvalue weighted by atomic mass is 10.0. The number of carbonyl (C=O) groups excluding carboxylic acids is 1. The zero-order valence-corrected chi connectivity index (χ0v) is 20.8. The van der Waals surface area contributed by atoms with E-state index in [1.165, 1.54) is 0 Å². The molecule has 0 spiro atoms. The Bertz CT molecular complexity index is 1350. The highest BCUT2D eigenvalue weighted by atomic mass is 35.5. The molecule has 3 aromatic rings. The van der Waals surface area contributed by atoms with Crippen molar-refractivity contribution >= 4 is 29.1 Å². The SMILES string of the molecule is N#CCCC#Cc1ccc(-c2c(CO)c(C(=O)NN3CCOCC3)nn2-c2ccc(Cl)cc2Cl)cc1. The molecule has 1 saturated heterocycles. The molecular formula is C26H23Cl2N5O3. The van der Waals surface area contributed by atoms with Gasteiger partial charge in [0.15, 0.2) is 5.69 Å². The van der Waals surface area contributed by atoms with E-state index in [9.17, 15) is 9.90 Å². The third kappa shape index (κ3) is 5.88. The number of ether oxygens (including phenoxy) is 1. The monoisotopic (exact) mass is 523 g/mol. The first kappa shape index (κ1) is 25.7. The second-order valence-electron chi connectivity index (χ2n) is 7.92. The number of aliphatic hydroxyl groups is 1. The number of benzene rings is 2. The molecule has 1 aliphatic heterocycles. The first-order valence-electron chi connectivity index (χ1n) is 11.3. The zero-order chi connectivity index (χ0) is 25.5. The highest BCUT2D eigenvalue weighted by Gasteiger charge is 2.26. The van der Waals surface area contributed by atoms with Gasteiger partial charge in [-0.1, -0.05) is 47.2 Å². The lowest BCUT2D eigenvalue weighted by Gasteiger charge is -2.26. The highest BCUT2D eigenvalue weighted by Crippen LogP contribution is 2.33. The third-order valence-electron chi connectivity index (χ3n) is 5.52. The predicted octanol–water partition coefficient (Wildman–Crippen LogP) is 3.97. The van der Waals surface area contributed by atoms with Gasteiger partial charge in [-0.05, 0) is 30.3 Å². The molecule has 1 amide bonds. The number of aliphatic hydroxyl groups excluding tert-OH is 1. The van der Waals surface area contributed by atoms with E-state index in [0.717, 1.165) is 5.56 Å². The molecule has 0 atom stereocenters. The number of hydrazine groups is 1. The van der Waals surface area contributed by atoms with Gasteiger partial charge in [-0.2, -0.15) is 10.4 Å². The molecule has 1 aliphatic rings. The van der Waals surface area contributed by atoms with E-state index >= 15 is 0 Å². The summed E-state index contributed by atoms with van der Waals surface area (Å²) in [4.78, 5) is 13.2. The van der Waals surface area contributed by atoms with Gasteiger partial charge in [0.05, 0.1) is 42.3 Å². The number of hydrogen-bond acceptors (Lipinski definition) is 6. The molecule has 0 radical (unpaired) electrons. The quantitative estimate of drug-likeness (QED) is 0.374. The normalized spacial score (nSPS) is 13.5. The Labute approximate surface area is 219 Å². The smallest absolute Gasteiger partial charge is 0.286 e. The highest BCUT2D eigenvalue weighted by molar-refractivity contribution is 6.35. The molecule has 0 aliphatic carbocycles. The Morgan fingerprint density at radius 3 is 2.56 bits per heavy atom. The molecule has 184 valence electrons. The summed E-state index contributed by atoms with van der Waals surface area (Å²) in [6.07, 6.45) is 0.873. The maximum Gasteiger partial charge on any atom is 0.286 e. The van der Waals surface area contributed by atoms with Gasteiger partial charge in [-0.15, -0.1) is 0 Å². The fourth-order valence-electron chi connectivity index (χ4n) is 3.77. The minimum Gasteiger partial charge on any atom is -0.392 e. The van der Waals surface area contributed by atoms with Crippen LogP contribution < -0.4 is 5.43 Å². The van der Waals surface area contributed by atoms with Crippen molar-refractivity contribution in [3.05, 3.63) is 69.3 Å². The van der Waals surface area contributed by atoms with Crippen LogP contribution in [0, 0.1) is 23.2 Å². The lowest BCUT2D eigenvalue weighted by Crippen LogP contribution is -2.48. The second-order valence-corrected chi connectivity index (χ2v) is 8.76. The Morgan fingerprint density at radius 1 is 1.14 bits per heavy atom. The summed E-state index contributed by atoms with van der Waals surface area (Å²) in [6.45, 7) is 1.71. The van der Waals surface area contributed by atoms with E-state index in [1.54, 1.807) is 27.9 Å². The van der Waals surface area contributed by atoms with Crippen LogP contribution in [0.3, 0.4) is 0 Å². The van der Waals surface area contributed by atoms with Crippen molar-refractivity contribution in [1.82, 2.24) is 20.2 Å².